The third kappa shape index (κ3) is 5.62. The number of nitrogens with zero attached hydrogens (tertiary/aromatic N) is 2. The van der Waals surface area contributed by atoms with Gasteiger partial charge >= 0.3 is 0 Å². The number of aromatic nitrogens is 2. The molecule has 0 spiro atoms. The maximum Gasteiger partial charge on any atom is 0.259 e. The van der Waals surface area contributed by atoms with Crippen molar-refractivity contribution in [3.05, 3.63) is 26.6 Å². The van der Waals surface area contributed by atoms with E-state index in [1.165, 1.54) is 4.88 Å². The van der Waals surface area contributed by atoms with Crippen molar-refractivity contribution in [2.45, 2.75) is 67.0 Å². The first-order valence-electron chi connectivity index (χ1n) is 9.77. The predicted octanol–water partition coefficient (Wildman–Crippen LogP) is 3.23. The maximum atomic E-state index is 12.8. The summed E-state index contributed by atoms with van der Waals surface area (Å²) in [7, 11) is 0. The predicted molar refractivity (Wildman–Crippen MR) is 112 cm³/mol. The van der Waals surface area contributed by atoms with E-state index in [-0.39, 0.29) is 17.5 Å². The molecule has 0 saturated heterocycles. The number of aromatic amines is 1. The Kier molecular flexibility index (Phi) is 7.56. The number of thiophene rings is 1. The number of carbonyl (C=O) groups excluding carboxylic acids is 1. The first kappa shape index (κ1) is 21.6. The molecule has 1 atom stereocenters. The maximum absolute atomic E-state index is 12.8. The minimum Gasteiger partial charge on any atom is -0.353 e. The fraction of sp³-hybridized carbons (Fsp3) is 0.650. The standard InChI is InChI=1S/C20H32N4O2S/c1-7-13(5)9-15-14(6)27-20-18(15)19(26)22-16(23-20)10-24(8-2)11-17(25)21-12(3)4/h12-13H,7-11H2,1-6H3,(H,21,25)(H,22,23,26)/t13-/m0/s1. The lowest BCUT2D eigenvalue weighted by Crippen LogP contribution is -2.40. The number of rotatable bonds is 9. The lowest BCUT2D eigenvalue weighted by Gasteiger charge is -2.20. The van der Waals surface area contributed by atoms with Crippen LogP contribution < -0.4 is 10.9 Å². The normalized spacial score (nSPS) is 12.9. The summed E-state index contributed by atoms with van der Waals surface area (Å²) in [5, 5.41) is 3.64. The highest BCUT2D eigenvalue weighted by Crippen LogP contribution is 2.29. The SMILES string of the molecule is CC[C@H](C)Cc1c(C)sc2nc(CN(CC)CC(=O)NC(C)C)[nH]c(=O)c12. The highest BCUT2D eigenvalue weighted by atomic mass is 32.1. The molecule has 2 aromatic heterocycles. The number of fused-ring (bicyclic) bond motifs is 1. The number of hydrogen-bond donors (Lipinski definition) is 2. The van der Waals surface area contributed by atoms with Crippen LogP contribution in [0.1, 0.15) is 57.3 Å². The number of H-pyrrole nitrogens is 1. The van der Waals surface area contributed by atoms with Gasteiger partial charge in [0.1, 0.15) is 10.7 Å². The average Bonchev–Trinajstić information content (AvgIpc) is 2.89. The van der Waals surface area contributed by atoms with Crippen LogP contribution in [0, 0.1) is 12.8 Å². The molecule has 0 bridgehead atoms. The minimum absolute atomic E-state index is 0.0157. The third-order valence-corrected chi connectivity index (χ3v) is 5.84. The number of hydrogen-bond acceptors (Lipinski definition) is 5. The smallest absolute Gasteiger partial charge is 0.259 e. The summed E-state index contributed by atoms with van der Waals surface area (Å²) in [6.45, 7) is 13.8. The molecule has 1 amide bonds. The summed E-state index contributed by atoms with van der Waals surface area (Å²) in [6, 6.07) is 0.114. The molecule has 0 radical (unpaired) electrons. The Morgan fingerprint density at radius 3 is 2.59 bits per heavy atom. The van der Waals surface area contributed by atoms with Gasteiger partial charge < -0.3 is 10.3 Å². The van der Waals surface area contributed by atoms with Gasteiger partial charge in [-0.05, 0) is 45.2 Å². The fourth-order valence-electron chi connectivity index (χ4n) is 3.10. The molecule has 27 heavy (non-hydrogen) atoms. The molecule has 150 valence electrons. The highest BCUT2D eigenvalue weighted by molar-refractivity contribution is 7.18. The van der Waals surface area contributed by atoms with E-state index < -0.39 is 0 Å². The summed E-state index contributed by atoms with van der Waals surface area (Å²) in [5.41, 5.74) is 1.06. The zero-order valence-corrected chi connectivity index (χ0v) is 18.1. The molecule has 2 rings (SSSR count). The molecule has 2 N–H and O–H groups in total. The van der Waals surface area contributed by atoms with Gasteiger partial charge in [0.15, 0.2) is 0 Å². The van der Waals surface area contributed by atoms with E-state index >= 15 is 0 Å². The van der Waals surface area contributed by atoms with E-state index in [4.69, 9.17) is 4.98 Å². The van der Waals surface area contributed by atoms with Gasteiger partial charge in [-0.2, -0.15) is 0 Å². The van der Waals surface area contributed by atoms with E-state index in [1.54, 1.807) is 11.3 Å². The molecule has 0 fully saturated rings. The number of amides is 1. The van der Waals surface area contributed by atoms with Gasteiger partial charge in [-0.1, -0.05) is 27.2 Å². The summed E-state index contributed by atoms with van der Waals surface area (Å²) in [5.74, 6) is 1.14. The Morgan fingerprint density at radius 2 is 2.00 bits per heavy atom. The number of likely N-dealkylation sites (N-methyl/N-ethyl adjacent to an activating group) is 1. The quantitative estimate of drug-likeness (QED) is 0.687. The lowest BCUT2D eigenvalue weighted by atomic mass is 9.98. The van der Waals surface area contributed by atoms with Gasteiger partial charge in [-0.25, -0.2) is 4.98 Å². The molecule has 0 unspecified atom stereocenters. The number of carbonyl (C=O) groups is 1. The van der Waals surface area contributed by atoms with Gasteiger partial charge in [-0.15, -0.1) is 11.3 Å². The van der Waals surface area contributed by atoms with Crippen LogP contribution in [-0.2, 0) is 17.8 Å². The second kappa shape index (κ2) is 9.46. The monoisotopic (exact) mass is 392 g/mol. The van der Waals surface area contributed by atoms with Crippen LogP contribution in [0.15, 0.2) is 4.79 Å². The Bertz CT molecular complexity index is 840. The number of aryl methyl sites for hydroxylation is 1. The molecule has 2 heterocycles. The van der Waals surface area contributed by atoms with Gasteiger partial charge in [0, 0.05) is 10.9 Å². The number of nitrogens with one attached hydrogen (secondary N) is 2. The van der Waals surface area contributed by atoms with Gasteiger partial charge in [0.2, 0.25) is 5.91 Å². The Balaban J connectivity index is 2.25. The first-order chi connectivity index (χ1) is 12.7. The fourth-order valence-corrected chi connectivity index (χ4v) is 4.17. The van der Waals surface area contributed by atoms with Crippen LogP contribution in [0.4, 0.5) is 0 Å². The molecule has 0 aliphatic rings. The van der Waals surface area contributed by atoms with E-state index in [2.05, 4.69) is 31.1 Å². The van der Waals surface area contributed by atoms with Crippen molar-refractivity contribution in [1.82, 2.24) is 20.2 Å². The van der Waals surface area contributed by atoms with Crippen LogP contribution in [-0.4, -0.2) is 39.9 Å². The first-order valence-corrected chi connectivity index (χ1v) is 10.6. The van der Waals surface area contributed by atoms with Crippen LogP contribution in [0.25, 0.3) is 10.2 Å². The molecule has 0 aliphatic heterocycles. The van der Waals surface area contributed by atoms with Crippen LogP contribution in [0.2, 0.25) is 0 Å². The molecular formula is C20H32N4O2S. The van der Waals surface area contributed by atoms with Crippen LogP contribution in [0.5, 0.6) is 0 Å². The molecule has 7 heteroatoms. The van der Waals surface area contributed by atoms with Crippen molar-refractivity contribution < 1.29 is 4.79 Å². The van der Waals surface area contributed by atoms with E-state index in [0.29, 0.717) is 31.4 Å². The summed E-state index contributed by atoms with van der Waals surface area (Å²) in [4.78, 5) is 36.4. The van der Waals surface area contributed by atoms with Crippen LogP contribution >= 0.6 is 11.3 Å². The molecule has 2 aromatic rings. The topological polar surface area (TPSA) is 78.1 Å². The molecule has 0 saturated carbocycles. The van der Waals surface area contributed by atoms with E-state index in [0.717, 1.165) is 28.6 Å². The van der Waals surface area contributed by atoms with Crippen molar-refractivity contribution in [2.75, 3.05) is 13.1 Å². The van der Waals surface area contributed by atoms with E-state index in [1.807, 2.05) is 25.7 Å². The highest BCUT2D eigenvalue weighted by Gasteiger charge is 2.18. The second-order valence-corrected chi connectivity index (χ2v) is 8.78. The molecule has 0 aromatic carbocycles. The second-order valence-electron chi connectivity index (χ2n) is 7.57. The van der Waals surface area contributed by atoms with Crippen molar-refractivity contribution >= 4 is 27.5 Å². The van der Waals surface area contributed by atoms with Crippen LogP contribution in [0.3, 0.4) is 0 Å². The summed E-state index contributed by atoms with van der Waals surface area (Å²) >= 11 is 1.59. The molecule has 0 aliphatic carbocycles. The zero-order valence-electron chi connectivity index (χ0n) is 17.3. The largest absolute Gasteiger partial charge is 0.353 e. The summed E-state index contributed by atoms with van der Waals surface area (Å²) < 4.78 is 0. The van der Waals surface area contributed by atoms with Crippen molar-refractivity contribution in [3.8, 4) is 0 Å². The Morgan fingerprint density at radius 1 is 1.30 bits per heavy atom. The molecular weight excluding hydrogens is 360 g/mol. The van der Waals surface area contributed by atoms with E-state index in [9.17, 15) is 9.59 Å². The Labute approximate surface area is 165 Å². The average molecular weight is 393 g/mol. The lowest BCUT2D eigenvalue weighted by molar-refractivity contribution is -0.122. The van der Waals surface area contributed by atoms with Gasteiger partial charge in [-0.3, -0.25) is 14.5 Å². The third-order valence-electron chi connectivity index (χ3n) is 4.80. The molecule has 6 nitrogen and oxygen atoms in total. The van der Waals surface area contributed by atoms with Gasteiger partial charge in [0.05, 0.1) is 18.5 Å². The summed E-state index contributed by atoms with van der Waals surface area (Å²) in [6.07, 6.45) is 1.99. The zero-order chi connectivity index (χ0) is 20.1. The van der Waals surface area contributed by atoms with Crippen molar-refractivity contribution in [2.24, 2.45) is 5.92 Å². The van der Waals surface area contributed by atoms with Gasteiger partial charge in [0.25, 0.3) is 5.56 Å². The Hall–Kier alpha value is -1.73. The van der Waals surface area contributed by atoms with Crippen molar-refractivity contribution in [3.63, 3.8) is 0 Å². The van der Waals surface area contributed by atoms with Crippen molar-refractivity contribution in [1.29, 1.82) is 0 Å². The minimum atomic E-state index is -0.0691.